The van der Waals surface area contributed by atoms with Crippen molar-refractivity contribution in [1.82, 2.24) is 15.1 Å². The zero-order valence-electron chi connectivity index (χ0n) is 16.2. The molecule has 1 aliphatic heterocycles. The number of hydrogen-bond donors (Lipinski definition) is 2. The summed E-state index contributed by atoms with van der Waals surface area (Å²) in [6.45, 7) is 4.25. The van der Waals surface area contributed by atoms with E-state index in [1.165, 1.54) is 5.56 Å². The van der Waals surface area contributed by atoms with Crippen molar-refractivity contribution in [3.8, 4) is 5.75 Å². The standard InChI is InChI=1S/C20H26N4O3S/c1-23-8-10-24(11-9-23)18(15-7-12-28-14-15)13-21-19(25)20(26)22-16-3-5-17(27-2)6-4-16/h3-7,12,14,18H,8-11,13H2,1-2H3,(H,21,25)(H,22,26). The van der Waals surface area contributed by atoms with Crippen LogP contribution in [0.25, 0.3) is 0 Å². The van der Waals surface area contributed by atoms with E-state index >= 15 is 0 Å². The number of ether oxygens (including phenoxy) is 1. The number of amides is 2. The Bertz CT molecular complexity index is 771. The average molecular weight is 403 g/mol. The monoisotopic (exact) mass is 402 g/mol. The molecule has 1 aliphatic rings. The molecule has 1 atom stereocenters. The van der Waals surface area contributed by atoms with Gasteiger partial charge in [0.05, 0.1) is 13.2 Å². The van der Waals surface area contributed by atoms with Gasteiger partial charge < -0.3 is 20.3 Å². The van der Waals surface area contributed by atoms with Crippen LogP contribution in [-0.2, 0) is 9.59 Å². The Kier molecular flexibility index (Phi) is 7.02. The predicted octanol–water partition coefficient (Wildman–Crippen LogP) is 1.80. The summed E-state index contributed by atoms with van der Waals surface area (Å²) in [5.74, 6) is -0.619. The number of carbonyl (C=O) groups is 2. The fraction of sp³-hybridized carbons (Fsp3) is 0.400. The quantitative estimate of drug-likeness (QED) is 0.721. The number of anilines is 1. The Morgan fingerprint density at radius 1 is 1.11 bits per heavy atom. The Hall–Kier alpha value is -2.42. The second-order valence-corrected chi connectivity index (χ2v) is 7.58. The van der Waals surface area contributed by atoms with Crippen LogP contribution in [0.1, 0.15) is 11.6 Å². The maximum atomic E-state index is 12.3. The maximum absolute atomic E-state index is 12.3. The molecular weight excluding hydrogens is 376 g/mol. The second-order valence-electron chi connectivity index (χ2n) is 6.80. The highest BCUT2D eigenvalue weighted by Crippen LogP contribution is 2.23. The first kappa shape index (κ1) is 20.3. The van der Waals surface area contributed by atoms with Crippen molar-refractivity contribution in [3.63, 3.8) is 0 Å². The van der Waals surface area contributed by atoms with Crippen LogP contribution in [0.5, 0.6) is 5.75 Å². The van der Waals surface area contributed by atoms with E-state index in [1.807, 2.05) is 5.38 Å². The van der Waals surface area contributed by atoms with Gasteiger partial charge in [0.25, 0.3) is 0 Å². The smallest absolute Gasteiger partial charge is 0.313 e. The molecule has 2 amide bonds. The van der Waals surface area contributed by atoms with Crippen LogP contribution in [0.15, 0.2) is 41.1 Å². The number of methoxy groups -OCH3 is 1. The highest BCUT2D eigenvalue weighted by Gasteiger charge is 2.25. The van der Waals surface area contributed by atoms with Gasteiger partial charge >= 0.3 is 11.8 Å². The van der Waals surface area contributed by atoms with E-state index in [1.54, 1.807) is 42.7 Å². The molecule has 1 aromatic heterocycles. The summed E-state index contributed by atoms with van der Waals surface area (Å²) in [4.78, 5) is 29.2. The van der Waals surface area contributed by atoms with E-state index in [9.17, 15) is 9.59 Å². The van der Waals surface area contributed by atoms with E-state index in [2.05, 4.69) is 38.9 Å². The third-order valence-electron chi connectivity index (χ3n) is 4.92. The molecule has 150 valence electrons. The molecule has 7 nitrogen and oxygen atoms in total. The van der Waals surface area contributed by atoms with Gasteiger partial charge in [0, 0.05) is 38.4 Å². The van der Waals surface area contributed by atoms with Gasteiger partial charge in [-0.3, -0.25) is 14.5 Å². The van der Waals surface area contributed by atoms with Crippen molar-refractivity contribution in [3.05, 3.63) is 46.7 Å². The Morgan fingerprint density at radius 3 is 2.43 bits per heavy atom. The van der Waals surface area contributed by atoms with Crippen LogP contribution in [0.4, 0.5) is 5.69 Å². The first-order valence-corrected chi connectivity index (χ1v) is 10.2. The number of benzene rings is 1. The SMILES string of the molecule is COc1ccc(NC(=O)C(=O)NCC(c2ccsc2)N2CCN(C)CC2)cc1. The highest BCUT2D eigenvalue weighted by molar-refractivity contribution is 7.08. The molecular formula is C20H26N4O3S. The number of hydrogen-bond acceptors (Lipinski definition) is 6. The molecule has 1 aromatic carbocycles. The van der Waals surface area contributed by atoms with Crippen LogP contribution in [0.3, 0.4) is 0 Å². The number of likely N-dealkylation sites (N-methyl/N-ethyl adjacent to an activating group) is 1. The maximum Gasteiger partial charge on any atom is 0.313 e. The predicted molar refractivity (Wildman–Crippen MR) is 111 cm³/mol. The molecule has 28 heavy (non-hydrogen) atoms. The number of piperazine rings is 1. The van der Waals surface area contributed by atoms with E-state index < -0.39 is 11.8 Å². The molecule has 1 fully saturated rings. The lowest BCUT2D eigenvalue weighted by Crippen LogP contribution is -2.49. The largest absolute Gasteiger partial charge is 0.497 e. The molecule has 1 saturated heterocycles. The molecule has 1 unspecified atom stereocenters. The molecule has 0 radical (unpaired) electrons. The van der Waals surface area contributed by atoms with Crippen molar-refractivity contribution in [1.29, 1.82) is 0 Å². The van der Waals surface area contributed by atoms with Crippen LogP contribution in [-0.4, -0.2) is 68.5 Å². The van der Waals surface area contributed by atoms with Gasteiger partial charge in [-0.15, -0.1) is 0 Å². The summed E-state index contributed by atoms with van der Waals surface area (Å²) < 4.78 is 5.09. The van der Waals surface area contributed by atoms with Gasteiger partial charge in [-0.05, 0) is 53.7 Å². The van der Waals surface area contributed by atoms with Crippen LogP contribution in [0, 0.1) is 0 Å². The zero-order chi connectivity index (χ0) is 19.9. The van der Waals surface area contributed by atoms with Crippen LogP contribution >= 0.6 is 11.3 Å². The average Bonchev–Trinajstić information content (AvgIpc) is 3.24. The van der Waals surface area contributed by atoms with E-state index in [0.717, 1.165) is 26.2 Å². The van der Waals surface area contributed by atoms with Gasteiger partial charge in [-0.2, -0.15) is 11.3 Å². The highest BCUT2D eigenvalue weighted by atomic mass is 32.1. The minimum atomic E-state index is -0.674. The van der Waals surface area contributed by atoms with Crippen LogP contribution < -0.4 is 15.4 Å². The van der Waals surface area contributed by atoms with Crippen molar-refractivity contribution in [2.45, 2.75) is 6.04 Å². The summed E-state index contributed by atoms with van der Waals surface area (Å²) in [7, 11) is 3.69. The van der Waals surface area contributed by atoms with Crippen LogP contribution in [0.2, 0.25) is 0 Å². The molecule has 2 aromatic rings. The zero-order valence-corrected chi connectivity index (χ0v) is 17.0. The molecule has 0 bridgehead atoms. The van der Waals surface area contributed by atoms with Crippen molar-refractivity contribution >= 4 is 28.8 Å². The summed E-state index contributed by atoms with van der Waals surface area (Å²) in [6.07, 6.45) is 0. The lowest BCUT2D eigenvalue weighted by atomic mass is 10.1. The third-order valence-corrected chi connectivity index (χ3v) is 5.62. The first-order valence-electron chi connectivity index (χ1n) is 9.24. The van der Waals surface area contributed by atoms with E-state index in [4.69, 9.17) is 4.74 Å². The Morgan fingerprint density at radius 2 is 1.82 bits per heavy atom. The summed E-state index contributed by atoms with van der Waals surface area (Å²) >= 11 is 1.64. The van der Waals surface area contributed by atoms with Gasteiger partial charge in [-0.25, -0.2) is 0 Å². The molecule has 8 heteroatoms. The summed E-state index contributed by atoms with van der Waals surface area (Å²) in [5, 5.41) is 9.55. The third kappa shape index (κ3) is 5.31. The molecule has 0 aliphatic carbocycles. The lowest BCUT2D eigenvalue weighted by Gasteiger charge is -2.37. The molecule has 0 spiro atoms. The fourth-order valence-electron chi connectivity index (χ4n) is 3.19. The first-order chi connectivity index (χ1) is 13.6. The number of carbonyl (C=O) groups excluding carboxylic acids is 2. The number of nitrogens with zero attached hydrogens (tertiary/aromatic N) is 2. The van der Waals surface area contributed by atoms with E-state index in [-0.39, 0.29) is 6.04 Å². The Balaban J connectivity index is 1.57. The van der Waals surface area contributed by atoms with E-state index in [0.29, 0.717) is 18.0 Å². The normalized spacial score (nSPS) is 16.4. The second kappa shape index (κ2) is 9.68. The minimum absolute atomic E-state index is 0.0673. The van der Waals surface area contributed by atoms with Crippen molar-refractivity contribution in [2.75, 3.05) is 52.2 Å². The molecule has 3 rings (SSSR count). The van der Waals surface area contributed by atoms with Gasteiger partial charge in [0.2, 0.25) is 0 Å². The molecule has 2 N–H and O–H groups in total. The summed E-state index contributed by atoms with van der Waals surface area (Å²) in [5.41, 5.74) is 1.72. The summed E-state index contributed by atoms with van der Waals surface area (Å²) in [6, 6.07) is 9.00. The van der Waals surface area contributed by atoms with Gasteiger partial charge in [-0.1, -0.05) is 0 Å². The van der Waals surface area contributed by atoms with Crippen molar-refractivity contribution < 1.29 is 14.3 Å². The number of thiophene rings is 1. The number of nitrogens with one attached hydrogen (secondary N) is 2. The lowest BCUT2D eigenvalue weighted by molar-refractivity contribution is -0.136. The number of rotatable bonds is 6. The topological polar surface area (TPSA) is 73.9 Å². The Labute approximate surface area is 169 Å². The van der Waals surface area contributed by atoms with Crippen molar-refractivity contribution in [2.24, 2.45) is 0 Å². The van der Waals surface area contributed by atoms with Gasteiger partial charge in [0.1, 0.15) is 5.75 Å². The van der Waals surface area contributed by atoms with Gasteiger partial charge in [0.15, 0.2) is 0 Å². The molecule has 2 heterocycles. The molecule has 0 saturated carbocycles. The minimum Gasteiger partial charge on any atom is -0.497 e. The fourth-order valence-corrected chi connectivity index (χ4v) is 3.89.